The number of aromatic hydroxyl groups is 1. The van der Waals surface area contributed by atoms with Crippen LogP contribution in [-0.2, 0) is 6.54 Å². The van der Waals surface area contributed by atoms with Gasteiger partial charge in [-0.2, -0.15) is 0 Å². The van der Waals surface area contributed by atoms with E-state index in [0.29, 0.717) is 19.4 Å². The molecule has 0 radical (unpaired) electrons. The quantitative estimate of drug-likeness (QED) is 0.418. The molecule has 0 bridgehead atoms. The maximum Gasteiger partial charge on any atom is 0.141 e. The summed E-state index contributed by atoms with van der Waals surface area (Å²) in [6, 6.07) is 9.16. The molecule has 160 valence electrons. The van der Waals surface area contributed by atoms with E-state index in [0.717, 1.165) is 64.0 Å². The van der Waals surface area contributed by atoms with Crippen molar-refractivity contribution in [3.05, 3.63) is 54.2 Å². The molecule has 0 spiro atoms. The van der Waals surface area contributed by atoms with E-state index in [4.69, 9.17) is 9.51 Å². The Morgan fingerprint density at radius 1 is 1.13 bits per heavy atom. The summed E-state index contributed by atoms with van der Waals surface area (Å²) in [6.45, 7) is 4.09. The van der Waals surface area contributed by atoms with Crippen molar-refractivity contribution in [1.82, 2.24) is 14.7 Å². The lowest BCUT2D eigenvalue weighted by molar-refractivity contribution is 0.0873. The molecule has 0 unspecified atom stereocenters. The van der Waals surface area contributed by atoms with Crippen molar-refractivity contribution in [2.24, 2.45) is 0 Å². The second-order valence-electron chi connectivity index (χ2n) is 8.72. The standard InChI is InChI=1S/C25H26FN3O2/c1-16-23(17(2)31-28-16)19-12-22-24(27-13-19)21(18-7-6-8-20(30)11-18)14-29(22)15-25(26)9-4-3-5-10-25/h6-8,11-14,30H,3-5,9-10,15H2,1-2H3. The molecule has 1 aliphatic carbocycles. The van der Waals surface area contributed by atoms with Crippen molar-refractivity contribution < 1.29 is 14.0 Å². The van der Waals surface area contributed by atoms with Gasteiger partial charge in [-0.15, -0.1) is 0 Å². The van der Waals surface area contributed by atoms with Gasteiger partial charge in [-0.1, -0.05) is 36.6 Å². The highest BCUT2D eigenvalue weighted by molar-refractivity contribution is 5.95. The van der Waals surface area contributed by atoms with E-state index >= 15 is 4.39 Å². The Balaban J connectivity index is 1.68. The minimum absolute atomic E-state index is 0.194. The molecular formula is C25H26FN3O2. The number of halogens is 1. The smallest absolute Gasteiger partial charge is 0.141 e. The summed E-state index contributed by atoms with van der Waals surface area (Å²) in [5.41, 5.74) is 4.83. The third kappa shape index (κ3) is 3.60. The van der Waals surface area contributed by atoms with Crippen molar-refractivity contribution in [1.29, 1.82) is 0 Å². The third-order valence-corrected chi connectivity index (χ3v) is 6.40. The van der Waals surface area contributed by atoms with Crippen molar-refractivity contribution in [2.45, 2.75) is 58.2 Å². The average molecular weight is 420 g/mol. The Kier molecular flexibility index (Phi) is 4.80. The zero-order valence-corrected chi connectivity index (χ0v) is 17.9. The van der Waals surface area contributed by atoms with Crippen LogP contribution in [-0.4, -0.2) is 25.5 Å². The largest absolute Gasteiger partial charge is 0.508 e. The van der Waals surface area contributed by atoms with Crippen molar-refractivity contribution in [3.8, 4) is 28.0 Å². The summed E-state index contributed by atoms with van der Waals surface area (Å²) in [5, 5.41) is 14.0. The number of nitrogens with zero attached hydrogens (tertiary/aromatic N) is 3. The van der Waals surface area contributed by atoms with Crippen LogP contribution < -0.4 is 0 Å². The van der Waals surface area contributed by atoms with Crippen LogP contribution >= 0.6 is 0 Å². The van der Waals surface area contributed by atoms with Crippen molar-refractivity contribution in [3.63, 3.8) is 0 Å². The number of hydrogen-bond acceptors (Lipinski definition) is 4. The van der Waals surface area contributed by atoms with Gasteiger partial charge >= 0.3 is 0 Å². The number of aromatic nitrogens is 3. The first-order valence-electron chi connectivity index (χ1n) is 10.8. The molecule has 5 rings (SSSR count). The first kappa shape index (κ1) is 19.8. The van der Waals surface area contributed by atoms with Crippen LogP contribution in [0.1, 0.15) is 43.6 Å². The van der Waals surface area contributed by atoms with Gasteiger partial charge < -0.3 is 14.2 Å². The van der Waals surface area contributed by atoms with Crippen molar-refractivity contribution in [2.75, 3.05) is 0 Å². The number of alkyl halides is 1. The van der Waals surface area contributed by atoms with Crippen LogP contribution in [0.2, 0.25) is 0 Å². The second kappa shape index (κ2) is 7.52. The zero-order chi connectivity index (χ0) is 21.6. The maximum absolute atomic E-state index is 15.7. The number of fused-ring (bicyclic) bond motifs is 1. The molecule has 1 fully saturated rings. The van der Waals surface area contributed by atoms with E-state index in [1.54, 1.807) is 12.1 Å². The summed E-state index contributed by atoms with van der Waals surface area (Å²) >= 11 is 0. The topological polar surface area (TPSA) is 64.1 Å². The normalized spacial score (nSPS) is 16.1. The molecule has 6 heteroatoms. The molecule has 5 nitrogen and oxygen atoms in total. The molecule has 1 N–H and O–H groups in total. The minimum Gasteiger partial charge on any atom is -0.508 e. The van der Waals surface area contributed by atoms with Gasteiger partial charge in [-0.05, 0) is 50.5 Å². The van der Waals surface area contributed by atoms with E-state index in [-0.39, 0.29) is 5.75 Å². The number of aryl methyl sites for hydroxylation is 2. The molecule has 4 aromatic rings. The van der Waals surface area contributed by atoms with E-state index in [1.807, 2.05) is 49.0 Å². The first-order chi connectivity index (χ1) is 14.9. The predicted molar refractivity (Wildman–Crippen MR) is 119 cm³/mol. The fourth-order valence-corrected chi connectivity index (χ4v) is 4.86. The highest BCUT2D eigenvalue weighted by Gasteiger charge is 2.33. The minimum atomic E-state index is -1.21. The van der Waals surface area contributed by atoms with Gasteiger partial charge in [0.2, 0.25) is 0 Å². The van der Waals surface area contributed by atoms with Gasteiger partial charge in [0, 0.05) is 29.1 Å². The van der Waals surface area contributed by atoms with E-state index < -0.39 is 5.67 Å². The van der Waals surface area contributed by atoms with Crippen LogP contribution in [0.3, 0.4) is 0 Å². The molecule has 0 aliphatic heterocycles. The lowest BCUT2D eigenvalue weighted by Gasteiger charge is -2.30. The Morgan fingerprint density at radius 3 is 2.65 bits per heavy atom. The van der Waals surface area contributed by atoms with Gasteiger partial charge in [0.15, 0.2) is 0 Å². The molecule has 0 atom stereocenters. The molecule has 1 aliphatic rings. The number of pyridine rings is 1. The fourth-order valence-electron chi connectivity index (χ4n) is 4.86. The van der Waals surface area contributed by atoms with Crippen LogP contribution in [0.5, 0.6) is 5.75 Å². The van der Waals surface area contributed by atoms with Gasteiger partial charge in [0.05, 0.1) is 23.3 Å². The van der Waals surface area contributed by atoms with Crippen molar-refractivity contribution >= 4 is 11.0 Å². The molecule has 31 heavy (non-hydrogen) atoms. The zero-order valence-electron chi connectivity index (χ0n) is 17.9. The summed E-state index contributed by atoms with van der Waals surface area (Å²) in [7, 11) is 0. The highest BCUT2D eigenvalue weighted by Crippen LogP contribution is 2.38. The maximum atomic E-state index is 15.7. The first-order valence-corrected chi connectivity index (χ1v) is 10.8. The summed E-state index contributed by atoms with van der Waals surface area (Å²) < 4.78 is 23.0. The summed E-state index contributed by atoms with van der Waals surface area (Å²) in [5.74, 6) is 0.930. The van der Waals surface area contributed by atoms with E-state index in [9.17, 15) is 5.11 Å². The Bertz CT molecular complexity index is 1230. The van der Waals surface area contributed by atoms with Crippen LogP contribution in [0.15, 0.2) is 47.2 Å². The molecule has 0 saturated heterocycles. The Labute approximate surface area is 180 Å². The number of rotatable bonds is 4. The highest BCUT2D eigenvalue weighted by atomic mass is 19.1. The Morgan fingerprint density at radius 2 is 1.94 bits per heavy atom. The second-order valence-corrected chi connectivity index (χ2v) is 8.72. The van der Waals surface area contributed by atoms with Gasteiger partial charge in [-0.25, -0.2) is 4.39 Å². The van der Waals surface area contributed by atoms with Gasteiger partial charge in [0.25, 0.3) is 0 Å². The molecule has 1 aromatic carbocycles. The van der Waals surface area contributed by atoms with Gasteiger partial charge in [0.1, 0.15) is 17.2 Å². The third-order valence-electron chi connectivity index (χ3n) is 6.40. The Hall–Kier alpha value is -3.15. The lowest BCUT2D eigenvalue weighted by atomic mass is 9.86. The molecule has 3 heterocycles. The number of phenols is 1. The van der Waals surface area contributed by atoms with Crippen LogP contribution in [0, 0.1) is 13.8 Å². The SMILES string of the molecule is Cc1noc(C)c1-c1cnc2c(-c3cccc(O)c3)cn(CC3(F)CCCCC3)c2c1. The molecule has 1 saturated carbocycles. The monoisotopic (exact) mass is 419 g/mol. The summed E-state index contributed by atoms with van der Waals surface area (Å²) in [4.78, 5) is 4.77. The van der Waals surface area contributed by atoms with Crippen LogP contribution in [0.4, 0.5) is 4.39 Å². The van der Waals surface area contributed by atoms with E-state index in [2.05, 4.69) is 5.16 Å². The number of benzene rings is 1. The summed E-state index contributed by atoms with van der Waals surface area (Å²) in [6.07, 6.45) is 7.92. The lowest BCUT2D eigenvalue weighted by Crippen LogP contribution is -2.31. The number of phenolic OH excluding ortho intramolecular Hbond substituents is 1. The molecule has 3 aromatic heterocycles. The fraction of sp³-hybridized carbons (Fsp3) is 0.360. The number of hydrogen-bond donors (Lipinski definition) is 1. The average Bonchev–Trinajstić information content (AvgIpc) is 3.27. The molecule has 0 amide bonds. The van der Waals surface area contributed by atoms with Crippen LogP contribution in [0.25, 0.3) is 33.3 Å². The van der Waals surface area contributed by atoms with E-state index in [1.165, 1.54) is 0 Å². The van der Waals surface area contributed by atoms with Gasteiger partial charge in [-0.3, -0.25) is 4.98 Å². The predicted octanol–water partition coefficient (Wildman–Crippen LogP) is 6.35. The molecular weight excluding hydrogens is 393 g/mol.